The zero-order valence-corrected chi connectivity index (χ0v) is 8.60. The van der Waals surface area contributed by atoms with Crippen molar-refractivity contribution in [3.63, 3.8) is 0 Å². The second-order valence-electron chi connectivity index (χ2n) is 2.30. The summed E-state index contributed by atoms with van der Waals surface area (Å²) < 4.78 is 13.0. The van der Waals surface area contributed by atoms with Crippen molar-refractivity contribution < 1.29 is 28.6 Å². The summed E-state index contributed by atoms with van der Waals surface area (Å²) in [6, 6.07) is 0. The molecule has 0 aromatic rings. The van der Waals surface area contributed by atoms with Gasteiger partial charge in [0, 0.05) is 6.92 Å². The largest absolute Gasteiger partial charge is 0.464 e. The smallest absolute Gasteiger partial charge is 0.433 e. The van der Waals surface area contributed by atoms with Gasteiger partial charge in [-0.3, -0.25) is 4.79 Å². The van der Waals surface area contributed by atoms with E-state index in [1.54, 1.807) is 0 Å². The molecule has 0 bridgehead atoms. The molecule has 0 saturated carbocycles. The minimum absolute atomic E-state index is 0.334. The van der Waals surface area contributed by atoms with Gasteiger partial charge in [-0.25, -0.2) is 9.59 Å². The molecular weight excluding hydrogens is 206 g/mol. The Morgan fingerprint density at radius 1 is 1.13 bits per heavy atom. The predicted molar refractivity (Wildman–Crippen MR) is 48.5 cm³/mol. The van der Waals surface area contributed by atoms with Crippen molar-refractivity contribution in [1.82, 2.24) is 0 Å². The molecule has 0 N–H and O–H groups in total. The number of ether oxygens (including phenoxy) is 3. The van der Waals surface area contributed by atoms with Crippen LogP contribution in [0.1, 0.15) is 6.92 Å². The molecule has 0 fully saturated rings. The summed E-state index contributed by atoms with van der Waals surface area (Å²) >= 11 is 0. The molecule has 0 aromatic carbocycles. The average Bonchev–Trinajstić information content (AvgIpc) is 2.22. The Kier molecular flexibility index (Phi) is 5.69. The second-order valence-corrected chi connectivity index (χ2v) is 2.30. The topological polar surface area (TPSA) is 91.3 Å². The molecule has 0 rings (SSSR count). The van der Waals surface area contributed by atoms with E-state index in [2.05, 4.69) is 19.2 Å². The van der Waals surface area contributed by atoms with E-state index in [4.69, 9.17) is 0 Å². The van der Waals surface area contributed by atoms with Gasteiger partial charge in [0.2, 0.25) is 0 Å². The fourth-order valence-corrected chi connectivity index (χ4v) is 0.580. The number of nitrogens with zero attached hydrogens (tertiary/aromatic N) is 1. The van der Waals surface area contributed by atoms with E-state index in [0.29, 0.717) is 0 Å². The normalized spacial score (nSPS) is 10.5. The quantitative estimate of drug-likeness (QED) is 0.373. The van der Waals surface area contributed by atoms with Crippen LogP contribution in [0.3, 0.4) is 0 Å². The summed E-state index contributed by atoms with van der Waals surface area (Å²) in [5.74, 6) is -1.46. The number of hydrogen-bond acceptors (Lipinski definition) is 6. The van der Waals surface area contributed by atoms with Gasteiger partial charge in [0.05, 0.1) is 14.2 Å². The first-order valence-electron chi connectivity index (χ1n) is 3.88. The minimum Gasteiger partial charge on any atom is -0.464 e. The summed E-state index contributed by atoms with van der Waals surface area (Å²) in [5, 5.41) is 0. The van der Waals surface area contributed by atoms with Crippen molar-refractivity contribution >= 4 is 23.7 Å². The van der Waals surface area contributed by atoms with Crippen LogP contribution in [0.15, 0.2) is 4.99 Å². The molecule has 0 atom stereocenters. The van der Waals surface area contributed by atoms with E-state index >= 15 is 0 Å². The molecule has 0 spiro atoms. The van der Waals surface area contributed by atoms with Crippen molar-refractivity contribution in [1.29, 1.82) is 0 Å². The molecular formula is C8H11NO6. The van der Waals surface area contributed by atoms with E-state index in [0.717, 1.165) is 21.1 Å². The zero-order valence-electron chi connectivity index (χ0n) is 8.60. The van der Waals surface area contributed by atoms with Crippen LogP contribution in [0.2, 0.25) is 0 Å². The molecule has 84 valence electrons. The lowest BCUT2D eigenvalue weighted by Crippen LogP contribution is -2.24. The fraction of sp³-hybridized carbons (Fsp3) is 0.500. The maximum atomic E-state index is 11.0. The lowest BCUT2D eigenvalue weighted by atomic mass is 10.4. The highest BCUT2D eigenvalue weighted by Gasteiger charge is 2.15. The summed E-state index contributed by atoms with van der Waals surface area (Å²) in [4.78, 5) is 35.5. The van der Waals surface area contributed by atoms with Crippen LogP contribution in [-0.2, 0) is 23.8 Å². The highest BCUT2D eigenvalue weighted by molar-refractivity contribution is 6.38. The highest BCUT2D eigenvalue weighted by atomic mass is 16.6. The lowest BCUT2D eigenvalue weighted by Gasteiger charge is -2.03. The summed E-state index contributed by atoms with van der Waals surface area (Å²) in [7, 11) is 2.22. The van der Waals surface area contributed by atoms with Crippen molar-refractivity contribution in [2.24, 2.45) is 4.99 Å². The number of rotatable bonds is 3. The van der Waals surface area contributed by atoms with Crippen LogP contribution in [0, 0.1) is 0 Å². The molecule has 0 saturated heterocycles. The Morgan fingerprint density at radius 2 is 1.73 bits per heavy atom. The van der Waals surface area contributed by atoms with Crippen LogP contribution >= 0.6 is 0 Å². The third-order valence-electron chi connectivity index (χ3n) is 1.23. The minimum atomic E-state index is -0.970. The monoisotopic (exact) mass is 217 g/mol. The van der Waals surface area contributed by atoms with E-state index in [-0.39, 0.29) is 5.71 Å². The van der Waals surface area contributed by atoms with Crippen molar-refractivity contribution in [2.75, 3.05) is 20.8 Å². The van der Waals surface area contributed by atoms with Gasteiger partial charge in [-0.15, -0.1) is 0 Å². The first-order chi connectivity index (χ1) is 7.01. The van der Waals surface area contributed by atoms with Gasteiger partial charge in [0.15, 0.2) is 5.71 Å². The maximum absolute atomic E-state index is 11.0. The standard InChI is InChI=1S/C8H11NO6/c1-5(10)15-4-6(7(11)13-2)9-8(12)14-3/h4H2,1-3H3/b9-6-. The molecule has 15 heavy (non-hydrogen) atoms. The number of carbonyl (C=O) groups is 3. The fourth-order valence-electron chi connectivity index (χ4n) is 0.580. The molecule has 0 aliphatic carbocycles. The van der Waals surface area contributed by atoms with Crippen LogP contribution in [0.25, 0.3) is 0 Å². The number of amides is 1. The third kappa shape index (κ3) is 5.40. The van der Waals surface area contributed by atoms with Gasteiger partial charge in [-0.05, 0) is 0 Å². The van der Waals surface area contributed by atoms with E-state index in [1.165, 1.54) is 0 Å². The Hall–Kier alpha value is -1.92. The van der Waals surface area contributed by atoms with Crippen LogP contribution in [0.4, 0.5) is 4.79 Å². The Balaban J connectivity index is 4.58. The number of aliphatic imine (C=N–C) groups is 1. The summed E-state index contributed by atoms with van der Waals surface area (Å²) in [6.07, 6.45) is -0.970. The maximum Gasteiger partial charge on any atom is 0.433 e. The van der Waals surface area contributed by atoms with Gasteiger partial charge < -0.3 is 14.2 Å². The van der Waals surface area contributed by atoms with Crippen LogP contribution in [0.5, 0.6) is 0 Å². The van der Waals surface area contributed by atoms with E-state index in [1.807, 2.05) is 0 Å². The van der Waals surface area contributed by atoms with Gasteiger partial charge in [-0.2, -0.15) is 4.99 Å². The van der Waals surface area contributed by atoms with Gasteiger partial charge in [-0.1, -0.05) is 0 Å². The third-order valence-corrected chi connectivity index (χ3v) is 1.23. The first-order valence-corrected chi connectivity index (χ1v) is 3.88. The second kappa shape index (κ2) is 6.52. The zero-order chi connectivity index (χ0) is 11.8. The van der Waals surface area contributed by atoms with Gasteiger partial charge >= 0.3 is 18.0 Å². The van der Waals surface area contributed by atoms with E-state index in [9.17, 15) is 14.4 Å². The summed E-state index contributed by atoms with van der Waals surface area (Å²) in [6.45, 7) is 0.726. The first kappa shape index (κ1) is 13.1. The average molecular weight is 217 g/mol. The Bertz CT molecular complexity index is 296. The molecule has 1 amide bonds. The Morgan fingerprint density at radius 3 is 2.13 bits per heavy atom. The molecule has 0 unspecified atom stereocenters. The molecule has 0 aliphatic heterocycles. The van der Waals surface area contributed by atoms with Crippen LogP contribution in [-0.4, -0.2) is 44.6 Å². The van der Waals surface area contributed by atoms with E-state index < -0.39 is 24.6 Å². The van der Waals surface area contributed by atoms with Gasteiger partial charge in [0.25, 0.3) is 0 Å². The van der Waals surface area contributed by atoms with Gasteiger partial charge in [0.1, 0.15) is 6.61 Å². The van der Waals surface area contributed by atoms with Crippen molar-refractivity contribution in [2.45, 2.75) is 6.92 Å². The molecule has 0 heterocycles. The highest BCUT2D eigenvalue weighted by Crippen LogP contribution is 1.90. The molecule has 7 heteroatoms. The van der Waals surface area contributed by atoms with Crippen molar-refractivity contribution in [3.05, 3.63) is 0 Å². The number of methoxy groups -OCH3 is 2. The number of carbonyl (C=O) groups excluding carboxylic acids is 3. The predicted octanol–water partition coefficient (Wildman–Crippen LogP) is -0.0701. The molecule has 0 aromatic heterocycles. The SMILES string of the molecule is COC(=O)/N=C(/COC(C)=O)C(=O)OC. The Labute approximate surface area is 86.0 Å². The molecule has 7 nitrogen and oxygen atoms in total. The molecule has 0 aliphatic rings. The number of esters is 2. The molecule has 0 radical (unpaired) electrons. The van der Waals surface area contributed by atoms with Crippen LogP contribution < -0.4 is 0 Å². The number of hydrogen-bond donors (Lipinski definition) is 0. The lowest BCUT2D eigenvalue weighted by molar-refractivity contribution is -0.139. The summed E-state index contributed by atoms with van der Waals surface area (Å²) in [5.41, 5.74) is -0.334. The van der Waals surface area contributed by atoms with Crippen molar-refractivity contribution in [3.8, 4) is 0 Å².